The predicted octanol–water partition coefficient (Wildman–Crippen LogP) is 3.16. The Kier molecular flexibility index (Phi) is 7.32. The van der Waals surface area contributed by atoms with E-state index in [0.29, 0.717) is 0 Å². The summed E-state index contributed by atoms with van der Waals surface area (Å²) in [5, 5.41) is 5.54. The third-order valence-electron chi connectivity index (χ3n) is 4.05. The van der Waals surface area contributed by atoms with E-state index in [1.165, 1.54) is 37.4 Å². The van der Waals surface area contributed by atoms with E-state index < -0.39 is 27.4 Å². The molecule has 0 spiro atoms. The van der Waals surface area contributed by atoms with E-state index in [1.807, 2.05) is 20.8 Å². The van der Waals surface area contributed by atoms with Crippen molar-refractivity contribution in [3.63, 3.8) is 0 Å². The Hall–Kier alpha value is -3.07. The summed E-state index contributed by atoms with van der Waals surface area (Å²) in [5.41, 5.74) is -0.0732. The summed E-state index contributed by atoms with van der Waals surface area (Å²) in [7, 11) is -2.69. The van der Waals surface area contributed by atoms with Crippen LogP contribution in [-0.2, 0) is 10.0 Å². The number of ether oxygens (including phenoxy) is 1. The third kappa shape index (κ3) is 6.45. The van der Waals surface area contributed by atoms with Crippen molar-refractivity contribution in [2.45, 2.75) is 51.1 Å². The lowest BCUT2D eigenvalue weighted by Gasteiger charge is -2.21. The Morgan fingerprint density at radius 3 is 2.19 bits per heavy atom. The maximum absolute atomic E-state index is 13.0. The first-order chi connectivity index (χ1) is 14.3. The summed E-state index contributed by atoms with van der Waals surface area (Å²) in [6.07, 6.45) is 0. The molecule has 3 N–H and O–H groups in total. The summed E-state index contributed by atoms with van der Waals surface area (Å²) < 4.78 is 33.7. The van der Waals surface area contributed by atoms with Crippen molar-refractivity contribution < 1.29 is 22.7 Å². The van der Waals surface area contributed by atoms with Crippen LogP contribution in [0.5, 0.6) is 5.75 Å². The van der Waals surface area contributed by atoms with E-state index in [0.717, 1.165) is 0 Å². The quantitative estimate of drug-likeness (QED) is 0.603. The molecule has 2 amide bonds. The number of carbonyl (C=O) groups is 2. The van der Waals surface area contributed by atoms with Gasteiger partial charge in [0.25, 0.3) is 21.8 Å². The van der Waals surface area contributed by atoms with Crippen molar-refractivity contribution in [2.75, 3.05) is 11.8 Å². The molecule has 0 atom stereocenters. The number of rotatable bonds is 7. The van der Waals surface area contributed by atoms with Crippen LogP contribution in [-0.4, -0.2) is 38.9 Å². The first-order valence-electron chi connectivity index (χ1n) is 9.77. The highest BCUT2D eigenvalue weighted by molar-refractivity contribution is 7.92. The molecule has 0 unspecified atom stereocenters. The topological polar surface area (TPSA) is 114 Å². The minimum absolute atomic E-state index is 0.0952. The molecule has 31 heavy (non-hydrogen) atoms. The molecule has 0 fully saturated rings. The highest BCUT2D eigenvalue weighted by Gasteiger charge is 2.23. The second-order valence-corrected chi connectivity index (χ2v) is 10.0. The Bertz CT molecular complexity index is 1070. The van der Waals surface area contributed by atoms with E-state index in [2.05, 4.69) is 15.4 Å². The van der Waals surface area contributed by atoms with Gasteiger partial charge in [0, 0.05) is 11.6 Å². The molecule has 8 nitrogen and oxygen atoms in total. The molecular weight excluding hydrogens is 418 g/mol. The summed E-state index contributed by atoms with van der Waals surface area (Å²) in [6, 6.07) is 10.2. The Balaban J connectivity index is 2.42. The number of hydrogen-bond acceptors (Lipinski definition) is 5. The molecule has 2 rings (SSSR count). The maximum Gasteiger partial charge on any atom is 0.261 e. The van der Waals surface area contributed by atoms with Crippen molar-refractivity contribution in [2.24, 2.45) is 0 Å². The van der Waals surface area contributed by atoms with Crippen LogP contribution in [0.4, 0.5) is 5.69 Å². The molecule has 0 saturated heterocycles. The average Bonchev–Trinajstić information content (AvgIpc) is 2.65. The second-order valence-electron chi connectivity index (χ2n) is 8.35. The van der Waals surface area contributed by atoms with Crippen LogP contribution >= 0.6 is 0 Å². The summed E-state index contributed by atoms with van der Waals surface area (Å²) in [6.45, 7) is 9.09. The predicted molar refractivity (Wildman–Crippen MR) is 120 cm³/mol. The number of amides is 2. The smallest absolute Gasteiger partial charge is 0.261 e. The zero-order valence-corrected chi connectivity index (χ0v) is 19.4. The molecule has 9 heteroatoms. The molecule has 0 aliphatic carbocycles. The summed E-state index contributed by atoms with van der Waals surface area (Å²) >= 11 is 0. The first kappa shape index (κ1) is 24.2. The van der Waals surface area contributed by atoms with Gasteiger partial charge >= 0.3 is 0 Å². The van der Waals surface area contributed by atoms with Crippen LogP contribution in [0.1, 0.15) is 55.3 Å². The lowest BCUT2D eigenvalue weighted by molar-refractivity contribution is 0.0917. The molecule has 2 aromatic carbocycles. The number of sulfonamides is 1. The van der Waals surface area contributed by atoms with E-state index >= 15 is 0 Å². The van der Waals surface area contributed by atoms with E-state index in [4.69, 9.17) is 4.74 Å². The fraction of sp³-hybridized carbons (Fsp3) is 0.364. The fourth-order valence-corrected chi connectivity index (χ4v) is 3.86. The molecule has 2 aromatic rings. The van der Waals surface area contributed by atoms with Crippen molar-refractivity contribution in [3.05, 3.63) is 53.6 Å². The van der Waals surface area contributed by atoms with Gasteiger partial charge in [-0.05, 0) is 65.0 Å². The van der Waals surface area contributed by atoms with Gasteiger partial charge in [-0.1, -0.05) is 12.1 Å². The highest BCUT2D eigenvalue weighted by atomic mass is 32.2. The normalized spacial score (nSPS) is 11.7. The van der Waals surface area contributed by atoms with Crippen molar-refractivity contribution in [1.82, 2.24) is 10.6 Å². The molecule has 0 aliphatic heterocycles. The number of anilines is 1. The number of benzene rings is 2. The van der Waals surface area contributed by atoms with Crippen LogP contribution in [0.3, 0.4) is 0 Å². The van der Waals surface area contributed by atoms with E-state index in [-0.39, 0.29) is 33.5 Å². The lowest BCUT2D eigenvalue weighted by atomic mass is 10.1. The van der Waals surface area contributed by atoms with Crippen LogP contribution < -0.4 is 20.1 Å². The molecule has 0 radical (unpaired) electrons. The van der Waals surface area contributed by atoms with Crippen molar-refractivity contribution in [1.29, 1.82) is 0 Å². The van der Waals surface area contributed by atoms with Gasteiger partial charge in [0.05, 0.1) is 28.8 Å². The standard InChI is InChI=1S/C22H29N3O5S/c1-14(2)23-20(26)17-13-15(11-12-19(17)30-6)31(28,29)25-18-10-8-7-9-16(18)21(27)24-22(3,4)5/h7-14,25H,1-6H3,(H,23,26)(H,24,27). The SMILES string of the molecule is COc1ccc(S(=O)(=O)Nc2ccccc2C(=O)NC(C)(C)C)cc1C(=O)NC(C)C. The largest absolute Gasteiger partial charge is 0.496 e. The van der Waals surface area contributed by atoms with Crippen molar-refractivity contribution in [3.8, 4) is 5.75 Å². The third-order valence-corrected chi connectivity index (χ3v) is 5.41. The lowest BCUT2D eigenvalue weighted by Crippen LogP contribution is -2.40. The molecule has 168 valence electrons. The molecule has 0 bridgehead atoms. The summed E-state index contributed by atoms with van der Waals surface area (Å²) in [5.74, 6) is -0.603. The van der Waals surface area contributed by atoms with Gasteiger partial charge in [0.15, 0.2) is 0 Å². The van der Waals surface area contributed by atoms with Gasteiger partial charge in [-0.2, -0.15) is 0 Å². The molecule has 0 aliphatic rings. The Morgan fingerprint density at radius 2 is 1.61 bits per heavy atom. The van der Waals surface area contributed by atoms with Crippen LogP contribution in [0.15, 0.2) is 47.4 Å². The first-order valence-corrected chi connectivity index (χ1v) is 11.3. The molecule has 0 aromatic heterocycles. The zero-order chi connectivity index (χ0) is 23.4. The minimum Gasteiger partial charge on any atom is -0.496 e. The van der Waals surface area contributed by atoms with Gasteiger partial charge in [-0.25, -0.2) is 8.42 Å². The van der Waals surface area contributed by atoms with Crippen molar-refractivity contribution >= 4 is 27.5 Å². The Morgan fingerprint density at radius 1 is 0.968 bits per heavy atom. The molecule has 0 heterocycles. The maximum atomic E-state index is 13.0. The minimum atomic E-state index is -4.09. The number of hydrogen-bond donors (Lipinski definition) is 3. The number of nitrogens with one attached hydrogen (secondary N) is 3. The van der Waals surface area contributed by atoms with Crippen LogP contribution in [0, 0.1) is 0 Å². The fourth-order valence-electron chi connectivity index (χ4n) is 2.75. The second kappa shape index (κ2) is 9.38. The van der Waals surface area contributed by atoms with E-state index in [1.54, 1.807) is 26.0 Å². The molecule has 0 saturated carbocycles. The number of methoxy groups -OCH3 is 1. The summed E-state index contributed by atoms with van der Waals surface area (Å²) in [4.78, 5) is 25.0. The van der Waals surface area contributed by atoms with E-state index in [9.17, 15) is 18.0 Å². The average molecular weight is 448 g/mol. The Labute approximate surface area is 183 Å². The van der Waals surface area contributed by atoms with Gasteiger partial charge in [-0.15, -0.1) is 0 Å². The van der Waals surface area contributed by atoms with Gasteiger partial charge in [0.2, 0.25) is 0 Å². The monoisotopic (exact) mass is 447 g/mol. The van der Waals surface area contributed by atoms with Gasteiger partial charge in [0.1, 0.15) is 5.75 Å². The van der Waals surface area contributed by atoms with Gasteiger partial charge < -0.3 is 15.4 Å². The van der Waals surface area contributed by atoms with Gasteiger partial charge in [-0.3, -0.25) is 14.3 Å². The number of carbonyl (C=O) groups excluding carboxylic acids is 2. The highest BCUT2D eigenvalue weighted by Crippen LogP contribution is 2.25. The van der Waals surface area contributed by atoms with Crippen LogP contribution in [0.2, 0.25) is 0 Å². The van der Waals surface area contributed by atoms with Crippen LogP contribution in [0.25, 0.3) is 0 Å². The number of para-hydroxylation sites is 1. The molecular formula is C22H29N3O5S. The zero-order valence-electron chi connectivity index (χ0n) is 18.6.